The molecule has 118 valence electrons. The van der Waals surface area contributed by atoms with Crippen molar-refractivity contribution in [3.63, 3.8) is 0 Å². The first-order valence-electron chi connectivity index (χ1n) is 7.66. The van der Waals surface area contributed by atoms with Gasteiger partial charge in [0.1, 0.15) is 12.2 Å². The number of rotatable bonds is 4. The Balaban J connectivity index is 2.57. The highest BCUT2D eigenvalue weighted by atomic mass is 16.1. The van der Waals surface area contributed by atoms with E-state index in [0.717, 1.165) is 16.5 Å². The van der Waals surface area contributed by atoms with E-state index >= 15 is 0 Å². The van der Waals surface area contributed by atoms with E-state index in [0.29, 0.717) is 5.69 Å². The number of ketones is 2. The molecule has 22 heavy (non-hydrogen) atoms. The molecule has 1 aromatic carbocycles. The molecule has 2 rings (SSSR count). The lowest BCUT2D eigenvalue weighted by Crippen LogP contribution is -2.25. The second-order valence-electron chi connectivity index (χ2n) is 7.22. The normalized spacial score (nSPS) is 12.1. The van der Waals surface area contributed by atoms with E-state index in [-0.39, 0.29) is 24.0 Å². The standard InChI is InChI=1S/C18H24N2O2/c1-11(2)17(22)16-13-8-7-12(3)9-14(13)20(19-16)10-15(21)18(4,5)6/h7-9,11H,10H2,1-6H3. The molecule has 0 aliphatic heterocycles. The Morgan fingerprint density at radius 2 is 1.86 bits per heavy atom. The van der Waals surface area contributed by atoms with Crippen LogP contribution in [0.5, 0.6) is 0 Å². The van der Waals surface area contributed by atoms with Crippen molar-refractivity contribution in [1.29, 1.82) is 0 Å². The average Bonchev–Trinajstić information content (AvgIpc) is 2.74. The molecule has 1 aromatic heterocycles. The van der Waals surface area contributed by atoms with Crippen molar-refractivity contribution >= 4 is 22.5 Å². The SMILES string of the molecule is Cc1ccc2c(C(=O)C(C)C)nn(CC(=O)C(C)(C)C)c2c1. The van der Waals surface area contributed by atoms with Gasteiger partial charge in [0.25, 0.3) is 0 Å². The summed E-state index contributed by atoms with van der Waals surface area (Å²) in [6, 6.07) is 5.87. The number of aryl methyl sites for hydroxylation is 1. The number of Topliss-reactive ketones (excluding diaryl/α,β-unsaturated/α-hetero) is 2. The van der Waals surface area contributed by atoms with Gasteiger partial charge in [0.05, 0.1) is 5.52 Å². The van der Waals surface area contributed by atoms with Crippen LogP contribution >= 0.6 is 0 Å². The van der Waals surface area contributed by atoms with Crippen LogP contribution in [0.3, 0.4) is 0 Å². The molecule has 0 amide bonds. The van der Waals surface area contributed by atoms with E-state index in [1.54, 1.807) is 4.68 Å². The van der Waals surface area contributed by atoms with Gasteiger partial charge in [-0.25, -0.2) is 0 Å². The van der Waals surface area contributed by atoms with Gasteiger partial charge in [-0.15, -0.1) is 0 Å². The lowest BCUT2D eigenvalue weighted by Gasteiger charge is -2.16. The van der Waals surface area contributed by atoms with E-state index in [4.69, 9.17) is 0 Å². The predicted octanol–water partition coefficient (Wildman–Crippen LogP) is 3.80. The highest BCUT2D eigenvalue weighted by molar-refractivity contribution is 6.07. The Kier molecular flexibility index (Phi) is 4.23. The number of hydrogen-bond donors (Lipinski definition) is 0. The van der Waals surface area contributed by atoms with Crippen LogP contribution in [-0.4, -0.2) is 21.3 Å². The van der Waals surface area contributed by atoms with Crippen molar-refractivity contribution in [1.82, 2.24) is 9.78 Å². The molecule has 0 saturated heterocycles. The van der Waals surface area contributed by atoms with Crippen LogP contribution in [0.25, 0.3) is 10.9 Å². The third-order valence-electron chi connectivity index (χ3n) is 3.79. The van der Waals surface area contributed by atoms with Gasteiger partial charge < -0.3 is 0 Å². The zero-order chi connectivity index (χ0) is 16.7. The molecule has 4 heteroatoms. The maximum absolute atomic E-state index is 12.4. The molecule has 0 aliphatic rings. The van der Waals surface area contributed by atoms with Crippen LogP contribution in [0.2, 0.25) is 0 Å². The number of carbonyl (C=O) groups is 2. The molecule has 0 fully saturated rings. The number of fused-ring (bicyclic) bond motifs is 1. The second-order valence-corrected chi connectivity index (χ2v) is 7.22. The minimum atomic E-state index is -0.426. The smallest absolute Gasteiger partial charge is 0.186 e. The lowest BCUT2D eigenvalue weighted by atomic mass is 9.91. The zero-order valence-electron chi connectivity index (χ0n) is 14.2. The molecule has 4 nitrogen and oxygen atoms in total. The number of hydrogen-bond acceptors (Lipinski definition) is 3. The molecular formula is C18H24N2O2. The van der Waals surface area contributed by atoms with Gasteiger partial charge in [-0.3, -0.25) is 14.3 Å². The minimum absolute atomic E-state index is 0.0100. The Morgan fingerprint density at radius 1 is 1.23 bits per heavy atom. The Hall–Kier alpha value is -1.97. The zero-order valence-corrected chi connectivity index (χ0v) is 14.2. The van der Waals surface area contributed by atoms with Gasteiger partial charge >= 0.3 is 0 Å². The number of benzene rings is 1. The number of aromatic nitrogens is 2. The fraction of sp³-hybridized carbons (Fsp3) is 0.500. The highest BCUT2D eigenvalue weighted by Crippen LogP contribution is 2.24. The minimum Gasteiger partial charge on any atom is -0.297 e. The number of nitrogens with zero attached hydrogens (tertiary/aromatic N) is 2. The molecule has 0 N–H and O–H groups in total. The molecule has 0 atom stereocenters. The van der Waals surface area contributed by atoms with Crippen molar-refractivity contribution in [3.05, 3.63) is 29.5 Å². The summed E-state index contributed by atoms with van der Waals surface area (Å²) in [7, 11) is 0. The number of carbonyl (C=O) groups excluding carboxylic acids is 2. The molecule has 0 spiro atoms. The Morgan fingerprint density at radius 3 is 2.41 bits per heavy atom. The first-order valence-corrected chi connectivity index (χ1v) is 7.66. The maximum Gasteiger partial charge on any atom is 0.186 e. The van der Waals surface area contributed by atoms with E-state index < -0.39 is 5.41 Å². The van der Waals surface area contributed by atoms with Crippen LogP contribution in [0.1, 0.15) is 50.7 Å². The first kappa shape index (κ1) is 16.4. The summed E-state index contributed by atoms with van der Waals surface area (Å²) in [5.41, 5.74) is 1.97. The predicted molar refractivity (Wildman–Crippen MR) is 88.1 cm³/mol. The molecule has 0 aliphatic carbocycles. The van der Waals surface area contributed by atoms with Gasteiger partial charge in [-0.05, 0) is 18.6 Å². The summed E-state index contributed by atoms with van der Waals surface area (Å²) in [6.45, 7) is 11.6. The fourth-order valence-corrected chi connectivity index (χ4v) is 2.23. The summed E-state index contributed by atoms with van der Waals surface area (Å²) in [5, 5.41) is 5.28. The largest absolute Gasteiger partial charge is 0.297 e. The van der Waals surface area contributed by atoms with Crippen molar-refractivity contribution in [2.75, 3.05) is 0 Å². The van der Waals surface area contributed by atoms with E-state index in [1.807, 2.05) is 59.7 Å². The van der Waals surface area contributed by atoms with E-state index in [1.165, 1.54) is 0 Å². The summed E-state index contributed by atoms with van der Waals surface area (Å²) >= 11 is 0. The molecule has 0 saturated carbocycles. The maximum atomic E-state index is 12.4. The summed E-state index contributed by atoms with van der Waals surface area (Å²) in [4.78, 5) is 24.7. The topological polar surface area (TPSA) is 52.0 Å². The first-order chi connectivity index (χ1) is 10.1. The van der Waals surface area contributed by atoms with Crippen LogP contribution in [0, 0.1) is 18.3 Å². The van der Waals surface area contributed by atoms with Gasteiger partial charge in [0.2, 0.25) is 0 Å². The molecule has 0 bridgehead atoms. The molecular weight excluding hydrogens is 276 g/mol. The van der Waals surface area contributed by atoms with Crippen molar-refractivity contribution in [2.24, 2.45) is 11.3 Å². The second kappa shape index (κ2) is 5.67. The van der Waals surface area contributed by atoms with Crippen LogP contribution in [-0.2, 0) is 11.3 Å². The Labute approximate surface area is 131 Å². The van der Waals surface area contributed by atoms with E-state index in [9.17, 15) is 9.59 Å². The third-order valence-corrected chi connectivity index (χ3v) is 3.79. The summed E-state index contributed by atoms with van der Waals surface area (Å²) < 4.78 is 1.67. The van der Waals surface area contributed by atoms with Crippen LogP contribution in [0.15, 0.2) is 18.2 Å². The fourth-order valence-electron chi connectivity index (χ4n) is 2.23. The summed E-state index contributed by atoms with van der Waals surface area (Å²) in [6.07, 6.45) is 0. The van der Waals surface area contributed by atoms with Crippen molar-refractivity contribution < 1.29 is 9.59 Å². The molecule has 2 aromatic rings. The van der Waals surface area contributed by atoms with E-state index in [2.05, 4.69) is 5.10 Å². The monoisotopic (exact) mass is 300 g/mol. The lowest BCUT2D eigenvalue weighted by molar-refractivity contribution is -0.127. The molecule has 0 radical (unpaired) electrons. The van der Waals surface area contributed by atoms with Gasteiger partial charge in [0, 0.05) is 16.7 Å². The average molecular weight is 300 g/mol. The Bertz CT molecular complexity index is 733. The van der Waals surface area contributed by atoms with Crippen molar-refractivity contribution in [3.8, 4) is 0 Å². The highest BCUT2D eigenvalue weighted by Gasteiger charge is 2.25. The van der Waals surface area contributed by atoms with Gasteiger partial charge in [0.15, 0.2) is 11.6 Å². The quantitative estimate of drug-likeness (QED) is 0.807. The third kappa shape index (κ3) is 3.11. The molecule has 0 unspecified atom stereocenters. The van der Waals surface area contributed by atoms with Gasteiger partial charge in [-0.2, -0.15) is 5.10 Å². The van der Waals surface area contributed by atoms with Crippen LogP contribution < -0.4 is 0 Å². The van der Waals surface area contributed by atoms with Crippen LogP contribution in [0.4, 0.5) is 0 Å². The summed E-state index contributed by atoms with van der Waals surface area (Å²) in [5.74, 6) is -0.0102. The van der Waals surface area contributed by atoms with Gasteiger partial charge in [-0.1, -0.05) is 46.8 Å². The molecule has 1 heterocycles. The van der Waals surface area contributed by atoms with Crippen molar-refractivity contribution in [2.45, 2.75) is 48.1 Å².